The summed E-state index contributed by atoms with van der Waals surface area (Å²) in [4.78, 5) is 18.6. The van der Waals surface area contributed by atoms with Gasteiger partial charge in [0.05, 0.1) is 11.1 Å². The molecule has 28 heavy (non-hydrogen) atoms. The number of ether oxygens (including phenoxy) is 1. The lowest BCUT2D eigenvalue weighted by atomic mass is 9.87. The van der Waals surface area contributed by atoms with E-state index in [0.717, 1.165) is 51.1 Å². The smallest absolute Gasteiger partial charge is 0.250 e. The first kappa shape index (κ1) is 19.3. The minimum atomic E-state index is -1.24. The SMILES string of the molecule is NC(=O)c1cccc2ccc(CC3(F)CCN(CC4CCOCC4)CC3)nc12. The van der Waals surface area contributed by atoms with Gasteiger partial charge in [0.2, 0.25) is 0 Å². The second kappa shape index (κ2) is 8.13. The number of amides is 1. The van der Waals surface area contributed by atoms with E-state index >= 15 is 4.39 Å². The van der Waals surface area contributed by atoms with Crippen LogP contribution >= 0.6 is 0 Å². The minimum Gasteiger partial charge on any atom is -0.381 e. The summed E-state index contributed by atoms with van der Waals surface area (Å²) in [6.45, 7) is 4.33. The van der Waals surface area contributed by atoms with E-state index in [2.05, 4.69) is 9.88 Å². The number of nitrogens with zero attached hydrogens (tertiary/aromatic N) is 2. The third-order valence-corrected chi connectivity index (χ3v) is 6.15. The molecule has 1 aromatic carbocycles. The minimum absolute atomic E-state index is 0.279. The van der Waals surface area contributed by atoms with E-state index in [0.29, 0.717) is 35.5 Å². The molecule has 0 radical (unpaired) electrons. The van der Waals surface area contributed by atoms with Crippen LogP contribution < -0.4 is 5.73 Å². The zero-order valence-electron chi connectivity index (χ0n) is 16.2. The van der Waals surface area contributed by atoms with Crippen LogP contribution in [-0.2, 0) is 11.2 Å². The number of rotatable bonds is 5. The van der Waals surface area contributed by atoms with Gasteiger partial charge >= 0.3 is 0 Å². The van der Waals surface area contributed by atoms with Crippen LogP contribution in [0.2, 0.25) is 0 Å². The molecular formula is C22H28FN3O2. The number of hydrogen-bond acceptors (Lipinski definition) is 4. The normalized spacial score (nSPS) is 21.0. The van der Waals surface area contributed by atoms with E-state index < -0.39 is 11.6 Å². The maximum absolute atomic E-state index is 15.5. The van der Waals surface area contributed by atoms with Crippen LogP contribution in [0.15, 0.2) is 30.3 Å². The summed E-state index contributed by atoms with van der Waals surface area (Å²) in [5.41, 5.74) is 5.86. The summed E-state index contributed by atoms with van der Waals surface area (Å²) in [7, 11) is 0. The lowest BCUT2D eigenvalue weighted by molar-refractivity contribution is 0.0240. The second-order valence-electron chi connectivity index (χ2n) is 8.23. The van der Waals surface area contributed by atoms with Crippen LogP contribution in [0, 0.1) is 5.92 Å². The van der Waals surface area contributed by atoms with Crippen molar-refractivity contribution in [2.45, 2.75) is 37.8 Å². The van der Waals surface area contributed by atoms with Gasteiger partial charge in [-0.05, 0) is 43.7 Å². The van der Waals surface area contributed by atoms with E-state index in [1.54, 1.807) is 12.1 Å². The average molecular weight is 385 g/mol. The van der Waals surface area contributed by atoms with Crippen molar-refractivity contribution in [3.8, 4) is 0 Å². The fourth-order valence-corrected chi connectivity index (χ4v) is 4.42. The van der Waals surface area contributed by atoms with E-state index in [1.807, 2.05) is 18.2 Å². The molecule has 0 unspecified atom stereocenters. The van der Waals surface area contributed by atoms with Gasteiger partial charge in [0, 0.05) is 50.3 Å². The quantitative estimate of drug-likeness (QED) is 0.859. The number of carbonyl (C=O) groups is 1. The molecule has 1 amide bonds. The number of nitrogens with two attached hydrogens (primary N) is 1. The molecule has 4 rings (SSSR count). The van der Waals surface area contributed by atoms with Crippen molar-refractivity contribution in [2.75, 3.05) is 32.8 Å². The molecular weight excluding hydrogens is 357 g/mol. The molecule has 1 aromatic heterocycles. The standard InChI is InChI=1S/C22H28FN3O2/c23-22(8-10-26(11-9-22)15-16-6-12-28-13-7-16)14-18-5-4-17-2-1-3-19(21(24)27)20(17)25-18/h1-5,16H,6-15H2,(H2,24,27). The Morgan fingerprint density at radius 1 is 1.21 bits per heavy atom. The number of likely N-dealkylation sites (tertiary alicyclic amines) is 1. The van der Waals surface area contributed by atoms with Gasteiger partial charge in [0.25, 0.3) is 5.91 Å². The Bertz CT molecular complexity index is 843. The fraction of sp³-hybridized carbons (Fsp3) is 0.545. The first-order valence-electron chi connectivity index (χ1n) is 10.2. The van der Waals surface area contributed by atoms with Crippen molar-refractivity contribution >= 4 is 16.8 Å². The molecule has 150 valence electrons. The first-order valence-corrected chi connectivity index (χ1v) is 10.2. The number of primary amides is 1. The molecule has 0 aliphatic carbocycles. The third-order valence-electron chi connectivity index (χ3n) is 6.15. The summed E-state index contributed by atoms with van der Waals surface area (Å²) in [5, 5.41) is 0.847. The van der Waals surface area contributed by atoms with Crippen LogP contribution in [0.25, 0.3) is 10.9 Å². The number of para-hydroxylation sites is 1. The Balaban J connectivity index is 1.41. The fourth-order valence-electron chi connectivity index (χ4n) is 4.42. The highest BCUT2D eigenvalue weighted by Crippen LogP contribution is 2.31. The molecule has 2 aliphatic rings. The molecule has 0 saturated carbocycles. The topological polar surface area (TPSA) is 68.5 Å². The van der Waals surface area contributed by atoms with Crippen LogP contribution in [0.1, 0.15) is 41.7 Å². The highest BCUT2D eigenvalue weighted by Gasteiger charge is 2.35. The van der Waals surface area contributed by atoms with Crippen molar-refractivity contribution in [3.05, 3.63) is 41.6 Å². The number of fused-ring (bicyclic) bond motifs is 1. The lowest BCUT2D eigenvalue weighted by Gasteiger charge is -2.38. The van der Waals surface area contributed by atoms with Gasteiger partial charge in [-0.2, -0.15) is 0 Å². The largest absolute Gasteiger partial charge is 0.381 e. The number of piperidine rings is 1. The molecule has 2 aromatic rings. The predicted molar refractivity (Wildman–Crippen MR) is 107 cm³/mol. The van der Waals surface area contributed by atoms with Crippen LogP contribution in [0.3, 0.4) is 0 Å². The Morgan fingerprint density at radius 3 is 2.68 bits per heavy atom. The number of benzene rings is 1. The molecule has 6 heteroatoms. The van der Waals surface area contributed by atoms with Crippen LogP contribution in [0.4, 0.5) is 4.39 Å². The summed E-state index contributed by atoms with van der Waals surface area (Å²) in [5.74, 6) is 0.168. The zero-order valence-corrected chi connectivity index (χ0v) is 16.2. The van der Waals surface area contributed by atoms with Gasteiger partial charge in [-0.25, -0.2) is 4.39 Å². The maximum atomic E-state index is 15.5. The maximum Gasteiger partial charge on any atom is 0.250 e. The van der Waals surface area contributed by atoms with E-state index in [4.69, 9.17) is 10.5 Å². The van der Waals surface area contributed by atoms with Gasteiger partial charge in [-0.3, -0.25) is 9.78 Å². The van der Waals surface area contributed by atoms with Crippen molar-refractivity contribution in [2.24, 2.45) is 11.7 Å². The Labute approximate surface area is 165 Å². The van der Waals surface area contributed by atoms with Crippen molar-refractivity contribution in [1.82, 2.24) is 9.88 Å². The van der Waals surface area contributed by atoms with Gasteiger partial charge in [-0.15, -0.1) is 0 Å². The third kappa shape index (κ3) is 4.33. The number of hydrogen-bond donors (Lipinski definition) is 1. The molecule has 2 saturated heterocycles. The highest BCUT2D eigenvalue weighted by molar-refractivity contribution is 6.04. The van der Waals surface area contributed by atoms with Crippen LogP contribution in [0.5, 0.6) is 0 Å². The Morgan fingerprint density at radius 2 is 1.96 bits per heavy atom. The van der Waals surface area contributed by atoms with Crippen LogP contribution in [-0.4, -0.2) is 54.3 Å². The molecule has 2 fully saturated rings. The second-order valence-corrected chi connectivity index (χ2v) is 8.23. The molecule has 2 aliphatic heterocycles. The first-order chi connectivity index (χ1) is 13.5. The number of carbonyl (C=O) groups excluding carboxylic acids is 1. The molecule has 0 spiro atoms. The van der Waals surface area contributed by atoms with Gasteiger partial charge in [-0.1, -0.05) is 18.2 Å². The number of aromatic nitrogens is 1. The monoisotopic (exact) mass is 385 g/mol. The van der Waals surface area contributed by atoms with Gasteiger partial charge in [0.1, 0.15) is 5.67 Å². The molecule has 0 bridgehead atoms. The molecule has 5 nitrogen and oxygen atoms in total. The molecule has 0 atom stereocenters. The molecule has 3 heterocycles. The summed E-state index contributed by atoms with van der Waals surface area (Å²) < 4.78 is 20.9. The van der Waals surface area contributed by atoms with E-state index in [1.165, 1.54) is 0 Å². The average Bonchev–Trinajstić information content (AvgIpc) is 2.70. The van der Waals surface area contributed by atoms with Gasteiger partial charge < -0.3 is 15.4 Å². The Kier molecular flexibility index (Phi) is 5.60. The van der Waals surface area contributed by atoms with Gasteiger partial charge in [0.15, 0.2) is 0 Å². The summed E-state index contributed by atoms with van der Waals surface area (Å²) in [6, 6.07) is 9.10. The van der Waals surface area contributed by atoms with Crippen molar-refractivity contribution in [1.29, 1.82) is 0 Å². The predicted octanol–water partition coefficient (Wildman–Crippen LogP) is 3.11. The molecule has 2 N–H and O–H groups in total. The van der Waals surface area contributed by atoms with E-state index in [-0.39, 0.29) is 6.42 Å². The summed E-state index contributed by atoms with van der Waals surface area (Å²) in [6.07, 6.45) is 3.54. The number of pyridine rings is 1. The van der Waals surface area contributed by atoms with E-state index in [9.17, 15) is 4.79 Å². The number of halogens is 1. The Hall–Kier alpha value is -2.05. The van der Waals surface area contributed by atoms with Crippen molar-refractivity contribution < 1.29 is 13.9 Å². The zero-order chi connectivity index (χ0) is 19.6. The lowest BCUT2D eigenvalue weighted by Crippen LogP contribution is -2.45. The van der Waals surface area contributed by atoms with Crippen molar-refractivity contribution in [3.63, 3.8) is 0 Å². The number of alkyl halides is 1. The summed E-state index contributed by atoms with van der Waals surface area (Å²) >= 11 is 0. The highest BCUT2D eigenvalue weighted by atomic mass is 19.1.